The van der Waals surface area contributed by atoms with Gasteiger partial charge in [-0.05, 0) is 11.6 Å². The van der Waals surface area contributed by atoms with Gasteiger partial charge in [-0.25, -0.2) is 0 Å². The van der Waals surface area contributed by atoms with Gasteiger partial charge in [-0.3, -0.25) is 4.79 Å². The molecule has 2 aromatic rings. The Labute approximate surface area is 135 Å². The van der Waals surface area contributed by atoms with Crippen LogP contribution < -0.4 is 4.73 Å². The molecule has 0 aliphatic rings. The minimum Gasteiger partial charge on any atom is -0.619 e. The smallest absolute Gasteiger partial charge is 0.259 e. The van der Waals surface area contributed by atoms with Gasteiger partial charge >= 0.3 is 0 Å². The molecule has 1 N–H and O–H groups in total. The van der Waals surface area contributed by atoms with E-state index in [1.54, 1.807) is 13.1 Å². The summed E-state index contributed by atoms with van der Waals surface area (Å²) in [6.07, 6.45) is 1.72. The van der Waals surface area contributed by atoms with Gasteiger partial charge in [0.05, 0.1) is 19.3 Å². The number of carbonyl (C=O) groups excluding carboxylic acids is 1. The van der Waals surface area contributed by atoms with Crippen molar-refractivity contribution in [2.24, 2.45) is 0 Å². The number of carbonyl (C=O) groups is 1. The third kappa shape index (κ3) is 5.36. The van der Waals surface area contributed by atoms with Gasteiger partial charge in [0.2, 0.25) is 0 Å². The maximum Gasteiger partial charge on any atom is 0.259 e. The molecule has 122 valence electrons. The lowest BCUT2D eigenvalue weighted by Gasteiger charge is -2.20. The molecule has 1 aromatic heterocycles. The number of nitrogens with zero attached hydrogens (tertiary/aromatic N) is 2. The summed E-state index contributed by atoms with van der Waals surface area (Å²) in [6.45, 7) is 0.661. The fourth-order valence-corrected chi connectivity index (χ4v) is 2.14. The van der Waals surface area contributed by atoms with E-state index < -0.39 is 6.10 Å². The fraction of sp³-hybridized carbons (Fsp3) is 0.294. The van der Waals surface area contributed by atoms with Crippen LogP contribution >= 0.6 is 0 Å². The number of amides is 1. The Bertz CT molecular complexity index is 634. The number of hydrogen-bond acceptors (Lipinski definition) is 4. The van der Waals surface area contributed by atoms with Crippen LogP contribution in [-0.2, 0) is 11.3 Å². The molecule has 6 nitrogen and oxygen atoms in total. The minimum absolute atomic E-state index is 0.126. The molecule has 1 aromatic carbocycles. The number of aliphatic hydroxyl groups excluding tert-OH is 1. The molecule has 6 heteroatoms. The molecule has 0 bridgehead atoms. The summed E-state index contributed by atoms with van der Waals surface area (Å²) in [7, 11) is 1.57. The summed E-state index contributed by atoms with van der Waals surface area (Å²) in [4.78, 5) is 13.5. The van der Waals surface area contributed by atoms with Gasteiger partial charge in [0.15, 0.2) is 12.4 Å². The van der Waals surface area contributed by atoms with Crippen LogP contribution in [0.15, 0.2) is 54.9 Å². The highest BCUT2D eigenvalue weighted by Crippen LogP contribution is 2.04. The molecule has 0 saturated heterocycles. The Morgan fingerprint density at radius 3 is 2.74 bits per heavy atom. The number of hydrogen-bond donors (Lipinski definition) is 1. The van der Waals surface area contributed by atoms with Crippen LogP contribution in [-0.4, -0.2) is 42.2 Å². The van der Waals surface area contributed by atoms with Gasteiger partial charge < -0.3 is 20.0 Å². The van der Waals surface area contributed by atoms with Gasteiger partial charge in [-0.2, -0.15) is 4.73 Å². The first-order valence-electron chi connectivity index (χ1n) is 7.30. The van der Waals surface area contributed by atoms with Gasteiger partial charge in [-0.15, -0.1) is 0 Å². The van der Waals surface area contributed by atoms with Crippen LogP contribution in [0.3, 0.4) is 0 Å². The third-order valence-electron chi connectivity index (χ3n) is 3.28. The molecule has 1 amide bonds. The lowest BCUT2D eigenvalue weighted by molar-refractivity contribution is -0.605. The van der Waals surface area contributed by atoms with Crippen molar-refractivity contribution < 1.29 is 19.4 Å². The van der Waals surface area contributed by atoms with Crippen LogP contribution in [0.1, 0.15) is 15.9 Å². The standard InChI is InChI=1S/C17H20N2O4/c1-18(17(21)15-8-5-9-19(22)10-15)11-16(20)13-23-12-14-6-3-2-4-7-14/h2-10,16,20H,11-13H2,1H3. The van der Waals surface area contributed by atoms with E-state index in [0.717, 1.165) is 5.56 Å². The summed E-state index contributed by atoms with van der Waals surface area (Å²) in [6, 6.07) is 12.7. The predicted octanol–water partition coefficient (Wildman–Crippen LogP) is 0.970. The number of aromatic nitrogens is 1. The highest BCUT2D eigenvalue weighted by atomic mass is 16.5. The highest BCUT2D eigenvalue weighted by molar-refractivity contribution is 5.93. The molecule has 0 radical (unpaired) electrons. The van der Waals surface area contributed by atoms with Gasteiger partial charge in [-0.1, -0.05) is 30.3 Å². The molecular formula is C17H20N2O4. The van der Waals surface area contributed by atoms with Crippen molar-refractivity contribution in [3.63, 3.8) is 0 Å². The normalized spacial score (nSPS) is 11.9. The molecule has 1 unspecified atom stereocenters. The monoisotopic (exact) mass is 316 g/mol. The zero-order valence-electron chi connectivity index (χ0n) is 13.0. The zero-order chi connectivity index (χ0) is 16.7. The first-order chi connectivity index (χ1) is 11.1. The number of pyridine rings is 1. The summed E-state index contributed by atoms with van der Waals surface area (Å²) < 4.78 is 6.01. The van der Waals surface area contributed by atoms with Crippen molar-refractivity contribution in [1.82, 2.24) is 4.90 Å². The Morgan fingerprint density at radius 1 is 1.30 bits per heavy atom. The molecule has 0 aliphatic heterocycles. The first kappa shape index (κ1) is 16.9. The predicted molar refractivity (Wildman–Crippen MR) is 84.5 cm³/mol. The number of ether oxygens (including phenoxy) is 1. The quantitative estimate of drug-likeness (QED) is 0.610. The van der Waals surface area contributed by atoms with E-state index in [1.807, 2.05) is 30.3 Å². The summed E-state index contributed by atoms with van der Waals surface area (Å²) in [5, 5.41) is 21.2. The summed E-state index contributed by atoms with van der Waals surface area (Å²) >= 11 is 0. The van der Waals surface area contributed by atoms with Gasteiger partial charge in [0.1, 0.15) is 5.56 Å². The SMILES string of the molecule is CN(CC(O)COCc1ccccc1)C(=O)c1ccc[n+]([O-])c1. The Morgan fingerprint density at radius 2 is 2.04 bits per heavy atom. The van der Waals surface area contributed by atoms with E-state index in [1.165, 1.54) is 23.4 Å². The average Bonchev–Trinajstić information content (AvgIpc) is 2.55. The van der Waals surface area contributed by atoms with Crippen LogP contribution in [0, 0.1) is 5.21 Å². The summed E-state index contributed by atoms with van der Waals surface area (Å²) in [5.74, 6) is -0.322. The highest BCUT2D eigenvalue weighted by Gasteiger charge is 2.17. The van der Waals surface area contributed by atoms with Crippen LogP contribution in [0.2, 0.25) is 0 Å². The molecule has 0 fully saturated rings. The van der Waals surface area contributed by atoms with Crippen molar-refractivity contribution in [3.05, 3.63) is 71.2 Å². The second-order valence-electron chi connectivity index (χ2n) is 5.29. The van der Waals surface area contributed by atoms with Crippen molar-refractivity contribution in [2.45, 2.75) is 12.7 Å². The van der Waals surface area contributed by atoms with E-state index in [9.17, 15) is 15.1 Å². The molecule has 0 aliphatic carbocycles. The average molecular weight is 316 g/mol. The second kappa shape index (κ2) is 8.26. The number of rotatable bonds is 7. The number of likely N-dealkylation sites (N-methyl/N-ethyl adjacent to an activating group) is 1. The van der Waals surface area contributed by atoms with Crippen LogP contribution in [0.4, 0.5) is 0 Å². The molecule has 1 heterocycles. The fourth-order valence-electron chi connectivity index (χ4n) is 2.14. The van der Waals surface area contributed by atoms with Gasteiger partial charge in [0.25, 0.3) is 5.91 Å². The lowest BCUT2D eigenvalue weighted by Crippen LogP contribution is -2.37. The van der Waals surface area contributed by atoms with E-state index >= 15 is 0 Å². The second-order valence-corrected chi connectivity index (χ2v) is 5.29. The Kier molecular flexibility index (Phi) is 6.08. The zero-order valence-corrected chi connectivity index (χ0v) is 13.0. The molecule has 2 rings (SSSR count). The molecule has 0 spiro atoms. The Balaban J connectivity index is 1.78. The number of benzene rings is 1. The maximum absolute atomic E-state index is 12.1. The van der Waals surface area contributed by atoms with E-state index in [0.29, 0.717) is 11.3 Å². The maximum atomic E-state index is 12.1. The first-order valence-corrected chi connectivity index (χ1v) is 7.30. The van der Waals surface area contributed by atoms with E-state index in [2.05, 4.69) is 0 Å². The molecule has 1 atom stereocenters. The molecular weight excluding hydrogens is 296 g/mol. The van der Waals surface area contributed by atoms with Crippen molar-refractivity contribution >= 4 is 5.91 Å². The molecule has 0 saturated carbocycles. The number of aliphatic hydroxyl groups is 1. The minimum atomic E-state index is -0.796. The van der Waals surface area contributed by atoms with E-state index in [4.69, 9.17) is 4.74 Å². The van der Waals surface area contributed by atoms with E-state index in [-0.39, 0.29) is 24.6 Å². The largest absolute Gasteiger partial charge is 0.619 e. The van der Waals surface area contributed by atoms with Crippen molar-refractivity contribution in [2.75, 3.05) is 20.2 Å². The topological polar surface area (TPSA) is 76.7 Å². The Hall–Kier alpha value is -2.44. The van der Waals surface area contributed by atoms with Crippen LogP contribution in [0.25, 0.3) is 0 Å². The lowest BCUT2D eigenvalue weighted by atomic mass is 10.2. The third-order valence-corrected chi connectivity index (χ3v) is 3.28. The summed E-state index contributed by atoms with van der Waals surface area (Å²) in [5.41, 5.74) is 1.30. The molecule has 23 heavy (non-hydrogen) atoms. The van der Waals surface area contributed by atoms with Gasteiger partial charge in [0, 0.05) is 19.7 Å². The van der Waals surface area contributed by atoms with Crippen molar-refractivity contribution in [1.29, 1.82) is 0 Å². The van der Waals surface area contributed by atoms with Crippen LogP contribution in [0.5, 0.6) is 0 Å². The van der Waals surface area contributed by atoms with Crippen molar-refractivity contribution in [3.8, 4) is 0 Å².